The fraction of sp³-hybridized carbons (Fsp3) is 0.769. The average Bonchev–Trinajstić information content (AvgIpc) is 2.51. The molecule has 96 valence electrons. The lowest BCUT2D eigenvalue weighted by atomic mass is 10.1. The Morgan fingerprint density at radius 3 is 2.88 bits per heavy atom. The van der Waals surface area contributed by atoms with Gasteiger partial charge >= 0.3 is 0 Å². The van der Waals surface area contributed by atoms with E-state index in [-0.39, 0.29) is 11.8 Å². The van der Waals surface area contributed by atoms with E-state index in [1.165, 1.54) is 0 Å². The zero-order valence-electron chi connectivity index (χ0n) is 10.8. The van der Waals surface area contributed by atoms with Crippen molar-refractivity contribution < 1.29 is 9.53 Å². The van der Waals surface area contributed by atoms with E-state index in [9.17, 15) is 4.79 Å². The third-order valence-corrected chi connectivity index (χ3v) is 3.55. The van der Waals surface area contributed by atoms with Crippen molar-refractivity contribution in [1.82, 2.24) is 9.80 Å². The van der Waals surface area contributed by atoms with Crippen LogP contribution in [0.1, 0.15) is 19.3 Å². The Kier molecular flexibility index (Phi) is 4.18. The van der Waals surface area contributed by atoms with E-state index >= 15 is 0 Å². The highest BCUT2D eigenvalue weighted by Gasteiger charge is 2.30. The van der Waals surface area contributed by atoms with E-state index in [1.807, 2.05) is 13.1 Å². The van der Waals surface area contributed by atoms with E-state index in [2.05, 4.69) is 16.8 Å². The first-order valence-corrected chi connectivity index (χ1v) is 6.44. The summed E-state index contributed by atoms with van der Waals surface area (Å²) in [6.45, 7) is 3.53. The molecule has 0 aromatic heterocycles. The Labute approximate surface area is 103 Å². The van der Waals surface area contributed by atoms with Crippen LogP contribution in [0.25, 0.3) is 0 Å². The van der Waals surface area contributed by atoms with Crippen molar-refractivity contribution in [3.63, 3.8) is 0 Å². The minimum Gasteiger partial charge on any atom is -0.490 e. The number of Topliss-reactive ketones (excluding diaryl/α,β-unsaturated/α-hetero) is 1. The Hall–Kier alpha value is -0.870. The molecule has 1 unspecified atom stereocenters. The van der Waals surface area contributed by atoms with Crippen molar-refractivity contribution >= 4 is 5.78 Å². The molecule has 0 N–H and O–H groups in total. The van der Waals surface area contributed by atoms with Gasteiger partial charge in [0.2, 0.25) is 5.78 Å². The molecule has 4 nitrogen and oxygen atoms in total. The molecule has 4 heteroatoms. The standard InChI is InChI=1S/C13H22N2O2/c1-14-7-5-8-15(2)11(10-14)13(16)12-6-3-4-9-17-12/h6,11H,3-5,7-10H2,1-2H3. The highest BCUT2D eigenvalue weighted by molar-refractivity contribution is 5.98. The van der Waals surface area contributed by atoms with Gasteiger partial charge in [0.05, 0.1) is 12.6 Å². The van der Waals surface area contributed by atoms with Gasteiger partial charge in [0, 0.05) is 6.54 Å². The Morgan fingerprint density at radius 1 is 1.35 bits per heavy atom. The van der Waals surface area contributed by atoms with E-state index in [4.69, 9.17) is 4.74 Å². The molecule has 17 heavy (non-hydrogen) atoms. The largest absolute Gasteiger partial charge is 0.490 e. The van der Waals surface area contributed by atoms with Crippen LogP contribution in [0, 0.1) is 0 Å². The summed E-state index contributed by atoms with van der Waals surface area (Å²) in [5.74, 6) is 0.740. The van der Waals surface area contributed by atoms with Crippen LogP contribution in [0.2, 0.25) is 0 Å². The molecule has 1 saturated heterocycles. The molecule has 0 aromatic rings. The number of ketones is 1. The summed E-state index contributed by atoms with van der Waals surface area (Å²) in [6.07, 6.45) is 5.06. The van der Waals surface area contributed by atoms with E-state index < -0.39 is 0 Å². The number of likely N-dealkylation sites (N-methyl/N-ethyl adjacent to an activating group) is 2. The Bertz CT molecular complexity index is 315. The van der Waals surface area contributed by atoms with Gasteiger partial charge in [-0.1, -0.05) is 0 Å². The summed E-state index contributed by atoms with van der Waals surface area (Å²) in [7, 11) is 4.11. The fourth-order valence-electron chi connectivity index (χ4n) is 2.45. The second kappa shape index (κ2) is 5.65. The first-order chi connectivity index (χ1) is 8.18. The van der Waals surface area contributed by atoms with Crippen LogP contribution in [0.15, 0.2) is 11.8 Å². The van der Waals surface area contributed by atoms with Crippen LogP contribution in [0.3, 0.4) is 0 Å². The number of ether oxygens (including phenoxy) is 1. The van der Waals surface area contributed by atoms with E-state index in [1.54, 1.807) is 0 Å². The third kappa shape index (κ3) is 3.07. The van der Waals surface area contributed by atoms with Crippen molar-refractivity contribution in [3.8, 4) is 0 Å². The summed E-state index contributed by atoms with van der Waals surface area (Å²) >= 11 is 0. The number of carbonyl (C=O) groups is 1. The smallest absolute Gasteiger partial charge is 0.215 e. The predicted octanol–water partition coefficient (Wildman–Crippen LogP) is 0.886. The van der Waals surface area contributed by atoms with E-state index in [0.29, 0.717) is 12.4 Å². The van der Waals surface area contributed by atoms with Crippen LogP contribution >= 0.6 is 0 Å². The van der Waals surface area contributed by atoms with Crippen molar-refractivity contribution in [2.24, 2.45) is 0 Å². The lowest BCUT2D eigenvalue weighted by molar-refractivity contribution is -0.124. The maximum atomic E-state index is 12.4. The lowest BCUT2D eigenvalue weighted by Gasteiger charge is -2.27. The summed E-state index contributed by atoms with van der Waals surface area (Å²) < 4.78 is 5.48. The van der Waals surface area contributed by atoms with Gasteiger partial charge in [-0.15, -0.1) is 0 Å². The first kappa shape index (κ1) is 12.6. The molecule has 0 aromatic carbocycles. The summed E-state index contributed by atoms with van der Waals surface area (Å²) in [4.78, 5) is 16.8. The minimum absolute atomic E-state index is 0.0492. The van der Waals surface area contributed by atoms with Gasteiger partial charge in [-0.3, -0.25) is 9.69 Å². The van der Waals surface area contributed by atoms with Crippen molar-refractivity contribution in [1.29, 1.82) is 0 Å². The number of nitrogens with zero attached hydrogens (tertiary/aromatic N) is 2. The number of hydrogen-bond donors (Lipinski definition) is 0. The van der Waals surface area contributed by atoms with Crippen molar-refractivity contribution in [2.75, 3.05) is 40.3 Å². The van der Waals surface area contributed by atoms with Gasteiger partial charge in [0.15, 0.2) is 5.76 Å². The highest BCUT2D eigenvalue weighted by atomic mass is 16.5. The molecule has 0 radical (unpaired) electrons. The highest BCUT2D eigenvalue weighted by Crippen LogP contribution is 2.16. The molecule has 0 saturated carbocycles. The molecular formula is C13H22N2O2. The topological polar surface area (TPSA) is 32.8 Å². The quantitative estimate of drug-likeness (QED) is 0.715. The molecule has 2 heterocycles. The molecule has 2 aliphatic rings. The zero-order valence-corrected chi connectivity index (χ0v) is 10.8. The van der Waals surface area contributed by atoms with Crippen LogP contribution in [0.5, 0.6) is 0 Å². The maximum Gasteiger partial charge on any atom is 0.215 e. The molecule has 0 amide bonds. The second-order valence-corrected chi connectivity index (χ2v) is 5.04. The monoisotopic (exact) mass is 238 g/mol. The second-order valence-electron chi connectivity index (χ2n) is 5.04. The molecular weight excluding hydrogens is 216 g/mol. The van der Waals surface area contributed by atoms with Crippen LogP contribution in [-0.4, -0.2) is 62.0 Å². The third-order valence-electron chi connectivity index (χ3n) is 3.55. The maximum absolute atomic E-state index is 12.4. The van der Waals surface area contributed by atoms with Gasteiger partial charge in [-0.05, 0) is 52.5 Å². The zero-order chi connectivity index (χ0) is 12.3. The van der Waals surface area contributed by atoms with Gasteiger partial charge in [0.1, 0.15) is 0 Å². The predicted molar refractivity (Wildman–Crippen MR) is 66.8 cm³/mol. The summed E-state index contributed by atoms with van der Waals surface area (Å²) in [5, 5.41) is 0. The van der Waals surface area contributed by atoms with Crippen molar-refractivity contribution in [3.05, 3.63) is 11.8 Å². The van der Waals surface area contributed by atoms with Crippen LogP contribution < -0.4 is 0 Å². The number of carbonyl (C=O) groups excluding carboxylic acids is 1. The average molecular weight is 238 g/mol. The van der Waals surface area contributed by atoms with E-state index in [0.717, 1.165) is 38.9 Å². The summed E-state index contributed by atoms with van der Waals surface area (Å²) in [5.41, 5.74) is 0. The van der Waals surface area contributed by atoms with Crippen molar-refractivity contribution in [2.45, 2.75) is 25.3 Å². The van der Waals surface area contributed by atoms with Crippen LogP contribution in [-0.2, 0) is 9.53 Å². The SMILES string of the molecule is CN1CCCN(C)C(C(=O)C2=CCCCO2)C1. The van der Waals surface area contributed by atoms with Gasteiger partial charge in [-0.2, -0.15) is 0 Å². The number of hydrogen-bond acceptors (Lipinski definition) is 4. The molecule has 2 aliphatic heterocycles. The minimum atomic E-state index is -0.0492. The molecule has 1 atom stereocenters. The fourth-order valence-corrected chi connectivity index (χ4v) is 2.45. The number of rotatable bonds is 2. The lowest BCUT2D eigenvalue weighted by Crippen LogP contribution is -2.44. The molecule has 2 rings (SSSR count). The summed E-state index contributed by atoms with van der Waals surface area (Å²) in [6, 6.07) is -0.0492. The van der Waals surface area contributed by atoms with Gasteiger partial charge in [0.25, 0.3) is 0 Å². The molecule has 0 spiro atoms. The van der Waals surface area contributed by atoms with Gasteiger partial charge in [-0.25, -0.2) is 0 Å². The first-order valence-electron chi connectivity index (χ1n) is 6.44. The van der Waals surface area contributed by atoms with Gasteiger partial charge < -0.3 is 9.64 Å². The normalized spacial score (nSPS) is 28.1. The molecule has 1 fully saturated rings. The Balaban J connectivity index is 2.07. The Morgan fingerprint density at radius 2 is 2.18 bits per heavy atom. The number of allylic oxidation sites excluding steroid dienone is 1. The molecule has 0 bridgehead atoms. The van der Waals surface area contributed by atoms with Crippen LogP contribution in [0.4, 0.5) is 0 Å². The molecule has 0 aliphatic carbocycles.